The predicted octanol–water partition coefficient (Wildman–Crippen LogP) is 6.84. The van der Waals surface area contributed by atoms with Crippen LogP contribution in [0.15, 0.2) is 54.7 Å². The third-order valence-electron chi connectivity index (χ3n) is 7.09. The Morgan fingerprint density at radius 3 is 2.56 bits per heavy atom. The maximum Gasteiger partial charge on any atom is 0.225 e. The number of imidazole rings is 1. The first-order valence-corrected chi connectivity index (χ1v) is 13.9. The number of nitrogens with zero attached hydrogens (tertiary/aromatic N) is 1. The number of ether oxygens (including phenoxy) is 1. The number of H-pyrrole nitrogens is 2. The van der Waals surface area contributed by atoms with E-state index in [1.807, 2.05) is 61.7 Å². The number of carbonyl (C=O) groups excluding carboxylic acids is 2. The van der Waals surface area contributed by atoms with E-state index in [0.717, 1.165) is 70.7 Å². The summed E-state index contributed by atoms with van der Waals surface area (Å²) in [5, 5.41) is 4.23. The molecule has 2 aromatic heterocycles. The average molecular weight is 529 g/mol. The molecule has 4 aromatic rings. The smallest absolute Gasteiger partial charge is 0.225 e. The first-order chi connectivity index (χ1) is 18.8. The van der Waals surface area contributed by atoms with Crippen LogP contribution in [0.1, 0.15) is 75.5 Å². The number of unbranched alkanes of at least 4 members (excludes halogenated alkanes) is 2. The van der Waals surface area contributed by atoms with Crippen molar-refractivity contribution in [1.82, 2.24) is 20.3 Å². The summed E-state index contributed by atoms with van der Waals surface area (Å²) in [7, 11) is 1.64. The Hall–Kier alpha value is -3.87. The summed E-state index contributed by atoms with van der Waals surface area (Å²) in [4.78, 5) is 36.9. The normalized spacial score (nSPS) is 12.1. The van der Waals surface area contributed by atoms with Gasteiger partial charge >= 0.3 is 0 Å². The monoisotopic (exact) mass is 528 g/mol. The summed E-state index contributed by atoms with van der Waals surface area (Å²) < 4.78 is 5.40. The molecule has 206 valence electrons. The van der Waals surface area contributed by atoms with E-state index in [2.05, 4.69) is 34.1 Å². The number of hydrogen-bond acceptors (Lipinski definition) is 4. The predicted molar refractivity (Wildman–Crippen MR) is 156 cm³/mol. The minimum absolute atomic E-state index is 0.0587. The van der Waals surface area contributed by atoms with Crippen molar-refractivity contribution in [1.29, 1.82) is 0 Å². The first kappa shape index (κ1) is 28.1. The summed E-state index contributed by atoms with van der Waals surface area (Å²) in [6.45, 7) is 6.14. The number of Topliss-reactive ketones (excluding diaryl/α,β-unsaturated/α-hetero) is 1. The zero-order valence-corrected chi connectivity index (χ0v) is 23.5. The van der Waals surface area contributed by atoms with Crippen LogP contribution in [0.3, 0.4) is 0 Å². The molecule has 2 aromatic carbocycles. The summed E-state index contributed by atoms with van der Waals surface area (Å²) in [6, 6.07) is 15.7. The van der Waals surface area contributed by atoms with E-state index in [0.29, 0.717) is 24.5 Å². The van der Waals surface area contributed by atoms with Crippen LogP contribution in [0.2, 0.25) is 0 Å². The summed E-state index contributed by atoms with van der Waals surface area (Å²) in [5.41, 5.74) is 4.89. The van der Waals surface area contributed by atoms with Crippen LogP contribution in [-0.2, 0) is 16.0 Å². The van der Waals surface area contributed by atoms with Crippen molar-refractivity contribution in [3.05, 3.63) is 71.8 Å². The number of methoxy groups -OCH3 is 1. The van der Waals surface area contributed by atoms with Gasteiger partial charge in [-0.05, 0) is 55.0 Å². The molecule has 7 nitrogen and oxygen atoms in total. The Labute approximate surface area is 230 Å². The van der Waals surface area contributed by atoms with Crippen molar-refractivity contribution < 1.29 is 14.3 Å². The minimum Gasteiger partial charge on any atom is -0.497 e. The van der Waals surface area contributed by atoms with Gasteiger partial charge in [0.2, 0.25) is 5.91 Å². The average Bonchev–Trinajstić information content (AvgIpc) is 3.52. The Bertz CT molecular complexity index is 1390. The maximum atomic E-state index is 13.4. The molecule has 4 rings (SSSR count). The van der Waals surface area contributed by atoms with Gasteiger partial charge in [0, 0.05) is 29.4 Å². The van der Waals surface area contributed by atoms with Gasteiger partial charge in [0.15, 0.2) is 0 Å². The molecule has 1 atom stereocenters. The second-order valence-electron chi connectivity index (χ2n) is 10.7. The Morgan fingerprint density at radius 1 is 1.03 bits per heavy atom. The van der Waals surface area contributed by atoms with E-state index in [1.54, 1.807) is 7.11 Å². The van der Waals surface area contributed by atoms with Crippen molar-refractivity contribution >= 4 is 22.6 Å². The lowest BCUT2D eigenvalue weighted by molar-refractivity contribution is -0.121. The molecule has 0 saturated carbocycles. The lowest BCUT2D eigenvalue weighted by atomic mass is 10.0. The third kappa shape index (κ3) is 7.59. The first-order valence-electron chi connectivity index (χ1n) is 13.9. The maximum absolute atomic E-state index is 13.4. The molecule has 0 radical (unpaired) electrons. The number of aromatic amines is 2. The van der Waals surface area contributed by atoms with E-state index >= 15 is 0 Å². The number of amides is 1. The number of rotatable bonds is 14. The van der Waals surface area contributed by atoms with Gasteiger partial charge in [-0.3, -0.25) is 9.59 Å². The Morgan fingerprint density at radius 2 is 1.82 bits per heavy atom. The van der Waals surface area contributed by atoms with Crippen molar-refractivity contribution in [3.63, 3.8) is 0 Å². The SMILES string of the molecule is COc1ccc2[nH]c(C)c(CC(=O)N[C@@H](CCCCCC(=O)CC(C)C)c3ncc(-c4ccccc4)[nH]3)c2c1. The number of aryl methyl sites for hydroxylation is 1. The van der Waals surface area contributed by atoms with Gasteiger partial charge in [0.1, 0.15) is 17.4 Å². The number of hydrogen-bond donors (Lipinski definition) is 3. The van der Waals surface area contributed by atoms with Crippen LogP contribution in [0.4, 0.5) is 0 Å². The van der Waals surface area contributed by atoms with E-state index in [9.17, 15) is 9.59 Å². The summed E-state index contributed by atoms with van der Waals surface area (Å²) in [6.07, 6.45) is 6.79. The molecule has 0 bridgehead atoms. The number of fused-ring (bicyclic) bond motifs is 1. The largest absolute Gasteiger partial charge is 0.497 e. The molecule has 0 saturated heterocycles. The zero-order chi connectivity index (χ0) is 27.8. The van der Waals surface area contributed by atoms with Crippen LogP contribution in [0.25, 0.3) is 22.2 Å². The second-order valence-corrected chi connectivity index (χ2v) is 10.7. The topological polar surface area (TPSA) is 99.9 Å². The van der Waals surface area contributed by atoms with Crippen molar-refractivity contribution in [3.8, 4) is 17.0 Å². The molecule has 2 heterocycles. The van der Waals surface area contributed by atoms with Crippen molar-refractivity contribution in [2.24, 2.45) is 5.92 Å². The molecule has 3 N–H and O–H groups in total. The van der Waals surface area contributed by atoms with Gasteiger partial charge in [-0.15, -0.1) is 0 Å². The molecule has 0 aliphatic heterocycles. The van der Waals surface area contributed by atoms with Crippen LogP contribution in [-0.4, -0.2) is 33.8 Å². The van der Waals surface area contributed by atoms with Gasteiger partial charge in [-0.2, -0.15) is 0 Å². The zero-order valence-electron chi connectivity index (χ0n) is 23.5. The highest BCUT2D eigenvalue weighted by atomic mass is 16.5. The quantitative estimate of drug-likeness (QED) is 0.156. The summed E-state index contributed by atoms with van der Waals surface area (Å²) in [5.74, 6) is 2.18. The van der Waals surface area contributed by atoms with Crippen molar-refractivity contribution in [2.75, 3.05) is 7.11 Å². The molecular weight excluding hydrogens is 488 g/mol. The lowest BCUT2D eigenvalue weighted by Gasteiger charge is -2.17. The Balaban J connectivity index is 1.45. The highest BCUT2D eigenvalue weighted by Gasteiger charge is 2.20. The lowest BCUT2D eigenvalue weighted by Crippen LogP contribution is -2.30. The van der Waals surface area contributed by atoms with E-state index in [1.165, 1.54) is 0 Å². The minimum atomic E-state index is -0.249. The Kier molecular flexibility index (Phi) is 9.58. The number of aromatic nitrogens is 3. The van der Waals surface area contributed by atoms with E-state index in [4.69, 9.17) is 4.74 Å². The van der Waals surface area contributed by atoms with Gasteiger partial charge in [-0.25, -0.2) is 4.98 Å². The van der Waals surface area contributed by atoms with Gasteiger partial charge in [0.05, 0.1) is 31.5 Å². The standard InChI is InChI=1S/C32H40N4O3/c1-21(2)17-24(37)13-9-6-10-14-29(32-33-20-30(36-32)23-11-7-5-8-12-23)35-31(38)19-26-22(3)34-28-16-15-25(39-4)18-27(26)28/h5,7-8,11-12,15-16,18,20-21,29,34H,6,9-10,13-14,17,19H2,1-4H3,(H,33,36)(H,35,38)/t29-/m0/s1. The highest BCUT2D eigenvalue weighted by Crippen LogP contribution is 2.28. The number of nitrogens with one attached hydrogen (secondary N) is 3. The van der Waals surface area contributed by atoms with E-state index in [-0.39, 0.29) is 18.4 Å². The van der Waals surface area contributed by atoms with Gasteiger partial charge < -0.3 is 20.0 Å². The molecule has 39 heavy (non-hydrogen) atoms. The third-order valence-corrected chi connectivity index (χ3v) is 7.09. The molecule has 0 spiro atoms. The van der Waals surface area contributed by atoms with Crippen LogP contribution in [0.5, 0.6) is 5.75 Å². The molecule has 0 unspecified atom stereocenters. The van der Waals surface area contributed by atoms with Crippen LogP contribution in [0, 0.1) is 12.8 Å². The molecule has 0 aliphatic carbocycles. The second kappa shape index (κ2) is 13.3. The molecular formula is C32H40N4O3. The molecule has 7 heteroatoms. The number of ketones is 1. The number of benzene rings is 2. The fraction of sp³-hybridized carbons (Fsp3) is 0.406. The van der Waals surface area contributed by atoms with Crippen LogP contribution >= 0.6 is 0 Å². The fourth-order valence-electron chi connectivity index (χ4n) is 5.08. The molecule has 0 fully saturated rings. The fourth-order valence-corrected chi connectivity index (χ4v) is 5.08. The van der Waals surface area contributed by atoms with Crippen LogP contribution < -0.4 is 10.1 Å². The van der Waals surface area contributed by atoms with Gasteiger partial charge in [-0.1, -0.05) is 57.0 Å². The van der Waals surface area contributed by atoms with Gasteiger partial charge in [0.25, 0.3) is 0 Å². The number of carbonyl (C=O) groups is 2. The van der Waals surface area contributed by atoms with E-state index < -0.39 is 0 Å². The molecule has 1 amide bonds. The molecule has 0 aliphatic rings. The van der Waals surface area contributed by atoms with Crippen molar-refractivity contribution in [2.45, 2.75) is 71.8 Å². The highest BCUT2D eigenvalue weighted by molar-refractivity contribution is 5.91. The summed E-state index contributed by atoms with van der Waals surface area (Å²) >= 11 is 0.